The Morgan fingerprint density at radius 3 is 2.29 bits per heavy atom. The van der Waals surface area contributed by atoms with Gasteiger partial charge in [-0.1, -0.05) is 0 Å². The van der Waals surface area contributed by atoms with E-state index in [1.807, 2.05) is 42.2 Å². The fraction of sp³-hybridized carbons (Fsp3) is 0.478. The Hall–Kier alpha value is -3.25. The Morgan fingerprint density at radius 1 is 1.00 bits per heavy atom. The summed E-state index contributed by atoms with van der Waals surface area (Å²) in [5, 5.41) is 3.26. The van der Waals surface area contributed by atoms with Gasteiger partial charge in [-0.3, -0.25) is 14.5 Å². The van der Waals surface area contributed by atoms with Crippen LogP contribution in [0.1, 0.15) is 25.0 Å². The number of anilines is 3. The predicted molar refractivity (Wildman–Crippen MR) is 131 cm³/mol. The zero-order valence-corrected chi connectivity index (χ0v) is 20.8. The minimum absolute atomic E-state index is 0.0956. The van der Waals surface area contributed by atoms with Crippen LogP contribution in [0.2, 0.25) is 0 Å². The first kappa shape index (κ1) is 24.9. The van der Waals surface area contributed by atoms with Crippen LogP contribution < -0.4 is 15.0 Å². The highest BCUT2D eigenvalue weighted by atomic mass is 32.2. The van der Waals surface area contributed by atoms with Gasteiger partial charge in [-0.25, -0.2) is 13.4 Å². The maximum absolute atomic E-state index is 12.8. The number of piperidine rings is 1. The number of imide groups is 1. The molecule has 2 amide bonds. The third kappa shape index (κ3) is 6.06. The number of carbonyl (C=O) groups is 2. The van der Waals surface area contributed by atoms with Crippen molar-refractivity contribution in [3.05, 3.63) is 36.0 Å². The number of aryl methyl sites for hydroxylation is 1. The molecular weight excluding hydrogens is 472 g/mol. The average Bonchev–Trinajstić information content (AvgIpc) is 2.84. The highest BCUT2D eigenvalue weighted by Gasteiger charge is 2.31. The van der Waals surface area contributed by atoms with E-state index in [1.54, 1.807) is 7.11 Å². The van der Waals surface area contributed by atoms with E-state index in [2.05, 4.69) is 15.3 Å². The number of rotatable bonds is 8. The Bertz CT molecular complexity index is 1160. The van der Waals surface area contributed by atoms with E-state index in [4.69, 9.17) is 4.74 Å². The Morgan fingerprint density at radius 2 is 1.66 bits per heavy atom. The van der Waals surface area contributed by atoms with E-state index in [1.165, 1.54) is 4.31 Å². The maximum atomic E-state index is 12.8. The fourth-order valence-electron chi connectivity index (χ4n) is 4.13. The van der Waals surface area contributed by atoms with Crippen LogP contribution in [0.25, 0.3) is 0 Å². The molecular formula is C23H30N6O5S. The lowest BCUT2D eigenvalue weighted by atomic mass is 10.1. The topological polar surface area (TPSA) is 125 Å². The molecule has 188 valence electrons. The molecule has 2 fully saturated rings. The molecule has 0 aliphatic carbocycles. The van der Waals surface area contributed by atoms with Crippen LogP contribution in [0.4, 0.5) is 17.5 Å². The molecule has 0 unspecified atom stereocenters. The molecule has 2 aliphatic heterocycles. The van der Waals surface area contributed by atoms with Gasteiger partial charge in [-0.15, -0.1) is 0 Å². The first-order chi connectivity index (χ1) is 16.7. The number of benzene rings is 1. The Balaban J connectivity index is 1.36. The number of methoxy groups -OCH3 is 1. The van der Waals surface area contributed by atoms with E-state index in [0.717, 1.165) is 22.0 Å². The standard InChI is InChI=1S/C23H30N6O5S/c1-17-16-20(25-18-6-8-19(34-2)9-7-18)26-23(24-17)27-10-12-28(13-11-27)35(32,33)15-14-29-21(30)4-3-5-22(29)31/h6-9,16H,3-5,10-15H2,1-2H3,(H,24,25,26). The van der Waals surface area contributed by atoms with Crippen LogP contribution in [0.3, 0.4) is 0 Å². The monoisotopic (exact) mass is 502 g/mol. The smallest absolute Gasteiger partial charge is 0.229 e. The van der Waals surface area contributed by atoms with Crippen molar-refractivity contribution >= 4 is 39.3 Å². The molecule has 0 radical (unpaired) electrons. The predicted octanol–water partition coefficient (Wildman–Crippen LogP) is 1.53. The van der Waals surface area contributed by atoms with Crippen LogP contribution in [0.15, 0.2) is 30.3 Å². The normalized spacial score (nSPS) is 17.5. The summed E-state index contributed by atoms with van der Waals surface area (Å²) in [4.78, 5) is 36.1. The van der Waals surface area contributed by atoms with Crippen molar-refractivity contribution in [2.45, 2.75) is 26.2 Å². The number of hydrogen-bond acceptors (Lipinski definition) is 9. The number of nitrogens with one attached hydrogen (secondary N) is 1. The second-order valence-electron chi connectivity index (χ2n) is 8.54. The van der Waals surface area contributed by atoms with E-state index in [9.17, 15) is 18.0 Å². The van der Waals surface area contributed by atoms with Crippen molar-refractivity contribution in [2.75, 3.05) is 55.8 Å². The summed E-state index contributed by atoms with van der Waals surface area (Å²) in [7, 11) is -1.99. The molecule has 2 saturated heterocycles. The van der Waals surface area contributed by atoms with Gasteiger partial charge in [0.1, 0.15) is 11.6 Å². The van der Waals surface area contributed by atoms with Gasteiger partial charge in [0.2, 0.25) is 27.8 Å². The molecule has 12 heteroatoms. The van der Waals surface area contributed by atoms with Crippen molar-refractivity contribution in [3.63, 3.8) is 0 Å². The summed E-state index contributed by atoms with van der Waals surface area (Å²) >= 11 is 0. The highest BCUT2D eigenvalue weighted by molar-refractivity contribution is 7.89. The molecule has 0 spiro atoms. The second-order valence-corrected chi connectivity index (χ2v) is 10.6. The van der Waals surface area contributed by atoms with Gasteiger partial charge in [-0.2, -0.15) is 9.29 Å². The number of piperazine rings is 1. The summed E-state index contributed by atoms with van der Waals surface area (Å²) < 4.78 is 32.3. The number of ether oxygens (including phenoxy) is 1. The van der Waals surface area contributed by atoms with Crippen LogP contribution in [-0.4, -0.2) is 85.0 Å². The molecule has 1 N–H and O–H groups in total. The summed E-state index contributed by atoms with van der Waals surface area (Å²) in [5.74, 6) is 1.08. The van der Waals surface area contributed by atoms with Crippen molar-refractivity contribution in [1.82, 2.24) is 19.2 Å². The number of nitrogens with zero attached hydrogens (tertiary/aromatic N) is 5. The van der Waals surface area contributed by atoms with Gasteiger partial charge in [0.15, 0.2) is 0 Å². The largest absolute Gasteiger partial charge is 0.497 e. The third-order valence-electron chi connectivity index (χ3n) is 6.08. The molecule has 0 bridgehead atoms. The van der Waals surface area contributed by atoms with Gasteiger partial charge in [0.25, 0.3) is 0 Å². The first-order valence-electron chi connectivity index (χ1n) is 11.6. The minimum Gasteiger partial charge on any atom is -0.497 e. The lowest BCUT2D eigenvalue weighted by molar-refractivity contribution is -0.147. The lowest BCUT2D eigenvalue weighted by Crippen LogP contribution is -2.51. The molecule has 3 heterocycles. The number of likely N-dealkylation sites (tertiary alicyclic amines) is 1. The zero-order valence-electron chi connectivity index (χ0n) is 19.9. The Kier molecular flexibility index (Phi) is 7.51. The van der Waals surface area contributed by atoms with Gasteiger partial charge in [0.05, 0.1) is 12.9 Å². The van der Waals surface area contributed by atoms with Gasteiger partial charge in [-0.05, 0) is 37.6 Å². The fourth-order valence-corrected chi connectivity index (χ4v) is 5.52. The van der Waals surface area contributed by atoms with Gasteiger partial charge >= 0.3 is 0 Å². The van der Waals surface area contributed by atoms with Crippen LogP contribution >= 0.6 is 0 Å². The molecule has 1 aromatic heterocycles. The molecule has 4 rings (SSSR count). The summed E-state index contributed by atoms with van der Waals surface area (Å²) in [6.07, 6.45) is 1.10. The summed E-state index contributed by atoms with van der Waals surface area (Å²) in [6, 6.07) is 9.34. The quantitative estimate of drug-likeness (QED) is 0.535. The van der Waals surface area contributed by atoms with Crippen molar-refractivity contribution in [2.24, 2.45) is 0 Å². The Labute approximate surface area is 205 Å². The number of hydrogen-bond donors (Lipinski definition) is 1. The lowest BCUT2D eigenvalue weighted by Gasteiger charge is -2.34. The molecule has 1 aromatic carbocycles. The van der Waals surface area contributed by atoms with Crippen molar-refractivity contribution in [3.8, 4) is 5.75 Å². The first-order valence-corrected chi connectivity index (χ1v) is 13.2. The van der Waals surface area contributed by atoms with Gasteiger partial charge in [0, 0.05) is 63.0 Å². The van der Waals surface area contributed by atoms with Crippen molar-refractivity contribution < 1.29 is 22.7 Å². The van der Waals surface area contributed by atoms with Crippen molar-refractivity contribution in [1.29, 1.82) is 0 Å². The molecule has 2 aromatic rings. The minimum atomic E-state index is -3.60. The highest BCUT2D eigenvalue weighted by Crippen LogP contribution is 2.22. The van der Waals surface area contributed by atoms with E-state index >= 15 is 0 Å². The molecule has 2 aliphatic rings. The van der Waals surface area contributed by atoms with Crippen LogP contribution in [-0.2, 0) is 19.6 Å². The SMILES string of the molecule is COc1ccc(Nc2cc(C)nc(N3CCN(S(=O)(=O)CCN4C(=O)CCCC4=O)CC3)n2)cc1. The molecule has 0 saturated carbocycles. The number of amides is 2. The second kappa shape index (κ2) is 10.6. The van der Waals surface area contributed by atoms with E-state index < -0.39 is 10.0 Å². The summed E-state index contributed by atoms with van der Waals surface area (Å²) in [6.45, 7) is 3.22. The molecule has 0 atom stereocenters. The third-order valence-corrected chi connectivity index (χ3v) is 7.93. The molecule has 35 heavy (non-hydrogen) atoms. The van der Waals surface area contributed by atoms with Crippen LogP contribution in [0, 0.1) is 6.92 Å². The van der Waals surface area contributed by atoms with Crippen LogP contribution in [0.5, 0.6) is 5.75 Å². The average molecular weight is 503 g/mol. The van der Waals surface area contributed by atoms with Gasteiger partial charge < -0.3 is 15.0 Å². The summed E-state index contributed by atoms with van der Waals surface area (Å²) in [5.41, 5.74) is 1.65. The number of aromatic nitrogens is 2. The maximum Gasteiger partial charge on any atom is 0.229 e. The number of sulfonamides is 1. The van der Waals surface area contributed by atoms with E-state index in [0.29, 0.717) is 31.3 Å². The van der Waals surface area contributed by atoms with E-state index in [-0.39, 0.29) is 50.0 Å². The molecule has 11 nitrogen and oxygen atoms in total. The zero-order chi connectivity index (χ0) is 25.0. The number of carbonyl (C=O) groups excluding carboxylic acids is 2.